The van der Waals surface area contributed by atoms with Crippen LogP contribution in [0.3, 0.4) is 0 Å². The topological polar surface area (TPSA) is 18.8 Å². The Morgan fingerprint density at radius 1 is 1.06 bits per heavy atom. The molecule has 1 saturated heterocycles. The lowest BCUT2D eigenvalue weighted by Gasteiger charge is -2.41. The lowest BCUT2D eigenvalue weighted by atomic mass is 10.2. The lowest BCUT2D eigenvalue weighted by Crippen LogP contribution is -2.52. The number of rotatable bonds is 5. The van der Waals surface area contributed by atoms with Crippen molar-refractivity contribution in [3.63, 3.8) is 0 Å². The number of aliphatic imine (C=N–C) groups is 1. The van der Waals surface area contributed by atoms with Crippen LogP contribution in [0.25, 0.3) is 0 Å². The first-order valence-electron chi connectivity index (χ1n) is 6.96. The molecule has 0 bridgehead atoms. The quantitative estimate of drug-likeness (QED) is 0.666. The Bertz CT molecular complexity index is 237. The molecule has 0 spiro atoms. The van der Waals surface area contributed by atoms with E-state index in [0.29, 0.717) is 0 Å². The van der Waals surface area contributed by atoms with Gasteiger partial charge in [-0.05, 0) is 19.3 Å². The molecule has 0 aromatic heterocycles. The Labute approximate surface area is 99.5 Å². The predicted molar refractivity (Wildman–Crippen MR) is 68.8 cm³/mol. The van der Waals surface area contributed by atoms with Gasteiger partial charge in [-0.2, -0.15) is 0 Å². The predicted octanol–water partition coefficient (Wildman–Crippen LogP) is 2.33. The van der Waals surface area contributed by atoms with E-state index in [1.54, 1.807) is 0 Å². The maximum absolute atomic E-state index is 4.70. The molecule has 0 amide bonds. The molecule has 16 heavy (non-hydrogen) atoms. The molecular formula is C13H25N3. The maximum atomic E-state index is 4.70. The fourth-order valence-electron chi connectivity index (χ4n) is 2.65. The van der Waals surface area contributed by atoms with Crippen LogP contribution in [0.4, 0.5) is 0 Å². The molecule has 0 aromatic rings. The van der Waals surface area contributed by atoms with Crippen molar-refractivity contribution in [1.29, 1.82) is 0 Å². The van der Waals surface area contributed by atoms with Crippen LogP contribution in [0.5, 0.6) is 0 Å². The molecule has 0 unspecified atom stereocenters. The van der Waals surface area contributed by atoms with Gasteiger partial charge in [0.1, 0.15) is 0 Å². The highest BCUT2D eigenvalue weighted by molar-refractivity contribution is 5.81. The normalized spacial score (nSPS) is 20.7. The summed E-state index contributed by atoms with van der Waals surface area (Å²) in [4.78, 5) is 9.69. The second-order valence-corrected chi connectivity index (χ2v) is 4.92. The van der Waals surface area contributed by atoms with Crippen molar-refractivity contribution < 1.29 is 0 Å². The summed E-state index contributed by atoms with van der Waals surface area (Å²) in [7, 11) is 0. The summed E-state index contributed by atoms with van der Waals surface area (Å²) in [5, 5.41) is 0. The molecule has 2 aliphatic heterocycles. The van der Waals surface area contributed by atoms with E-state index in [4.69, 9.17) is 4.99 Å². The minimum atomic E-state index is 1.04. The summed E-state index contributed by atoms with van der Waals surface area (Å²) in [5.74, 6) is 1.30. The first-order chi connectivity index (χ1) is 7.92. The Kier molecular flexibility index (Phi) is 4.49. The van der Waals surface area contributed by atoms with Crippen molar-refractivity contribution in [2.45, 2.75) is 45.4 Å². The van der Waals surface area contributed by atoms with Gasteiger partial charge in [0.15, 0.2) is 5.96 Å². The van der Waals surface area contributed by atoms with Crippen molar-refractivity contribution in [3.8, 4) is 0 Å². The molecule has 0 saturated carbocycles. The van der Waals surface area contributed by atoms with Gasteiger partial charge in [-0.25, -0.2) is 0 Å². The minimum absolute atomic E-state index is 1.04. The van der Waals surface area contributed by atoms with Crippen molar-refractivity contribution in [2.75, 3.05) is 32.7 Å². The van der Waals surface area contributed by atoms with Crippen LogP contribution in [-0.4, -0.2) is 48.5 Å². The zero-order valence-electron chi connectivity index (χ0n) is 10.6. The summed E-state index contributed by atoms with van der Waals surface area (Å²) in [6.07, 6.45) is 7.97. The third-order valence-electron chi connectivity index (χ3n) is 3.54. The first kappa shape index (κ1) is 11.7. The maximum Gasteiger partial charge on any atom is 0.196 e. The number of guanidine groups is 1. The van der Waals surface area contributed by atoms with Gasteiger partial charge in [-0.15, -0.1) is 0 Å². The van der Waals surface area contributed by atoms with Gasteiger partial charge in [-0.3, -0.25) is 4.99 Å². The number of hydrogen-bond donors (Lipinski definition) is 0. The molecule has 2 heterocycles. The molecule has 0 N–H and O–H groups in total. The van der Waals surface area contributed by atoms with Crippen LogP contribution >= 0.6 is 0 Å². The molecule has 3 heteroatoms. The molecule has 2 rings (SSSR count). The zero-order chi connectivity index (χ0) is 11.2. The average molecular weight is 223 g/mol. The summed E-state index contributed by atoms with van der Waals surface area (Å²) in [6.45, 7) is 8.20. The van der Waals surface area contributed by atoms with Gasteiger partial charge in [-0.1, -0.05) is 26.2 Å². The third kappa shape index (κ3) is 2.89. The van der Waals surface area contributed by atoms with E-state index in [2.05, 4.69) is 16.7 Å². The highest BCUT2D eigenvalue weighted by Gasteiger charge is 2.24. The number of fused-ring (bicyclic) bond motifs is 1. The average Bonchev–Trinajstić information content (AvgIpc) is 2.35. The van der Waals surface area contributed by atoms with Gasteiger partial charge < -0.3 is 9.80 Å². The molecule has 0 atom stereocenters. The van der Waals surface area contributed by atoms with Crippen LogP contribution in [0.2, 0.25) is 0 Å². The molecule has 0 radical (unpaired) electrons. The van der Waals surface area contributed by atoms with Crippen LogP contribution in [0.15, 0.2) is 4.99 Å². The summed E-state index contributed by atoms with van der Waals surface area (Å²) in [5.41, 5.74) is 0. The lowest BCUT2D eigenvalue weighted by molar-refractivity contribution is 0.241. The summed E-state index contributed by atoms with van der Waals surface area (Å²) >= 11 is 0. The fraction of sp³-hybridized carbons (Fsp3) is 0.923. The Morgan fingerprint density at radius 3 is 2.81 bits per heavy atom. The van der Waals surface area contributed by atoms with Gasteiger partial charge in [0.2, 0.25) is 0 Å². The van der Waals surface area contributed by atoms with E-state index in [0.717, 1.165) is 6.54 Å². The number of hydrogen-bond acceptors (Lipinski definition) is 3. The van der Waals surface area contributed by atoms with Gasteiger partial charge in [0, 0.05) is 32.7 Å². The summed E-state index contributed by atoms with van der Waals surface area (Å²) in [6, 6.07) is 0. The largest absolute Gasteiger partial charge is 0.343 e. The van der Waals surface area contributed by atoms with Gasteiger partial charge in [0.05, 0.1) is 0 Å². The SMILES string of the molecule is CCCCCCN1CCCN2CCCN=C12. The van der Waals surface area contributed by atoms with Crippen LogP contribution in [-0.2, 0) is 0 Å². The molecule has 1 fully saturated rings. The molecule has 0 aromatic carbocycles. The van der Waals surface area contributed by atoms with Gasteiger partial charge >= 0.3 is 0 Å². The van der Waals surface area contributed by atoms with Gasteiger partial charge in [0.25, 0.3) is 0 Å². The van der Waals surface area contributed by atoms with Crippen molar-refractivity contribution in [2.24, 2.45) is 4.99 Å². The van der Waals surface area contributed by atoms with E-state index in [1.165, 1.54) is 70.7 Å². The first-order valence-corrected chi connectivity index (χ1v) is 6.96. The van der Waals surface area contributed by atoms with Crippen LogP contribution in [0.1, 0.15) is 45.4 Å². The molecule has 3 nitrogen and oxygen atoms in total. The highest BCUT2D eigenvalue weighted by Crippen LogP contribution is 2.14. The molecule has 2 aliphatic rings. The minimum Gasteiger partial charge on any atom is -0.343 e. The number of unbranched alkanes of at least 4 members (excludes halogenated alkanes) is 3. The second kappa shape index (κ2) is 6.12. The number of nitrogens with zero attached hydrogens (tertiary/aromatic N) is 3. The van der Waals surface area contributed by atoms with E-state index >= 15 is 0 Å². The second-order valence-electron chi connectivity index (χ2n) is 4.92. The van der Waals surface area contributed by atoms with Crippen molar-refractivity contribution in [3.05, 3.63) is 0 Å². The zero-order valence-corrected chi connectivity index (χ0v) is 10.6. The van der Waals surface area contributed by atoms with Crippen LogP contribution < -0.4 is 0 Å². The third-order valence-corrected chi connectivity index (χ3v) is 3.54. The van der Waals surface area contributed by atoms with Crippen molar-refractivity contribution in [1.82, 2.24) is 9.80 Å². The molecular weight excluding hydrogens is 198 g/mol. The van der Waals surface area contributed by atoms with E-state index in [1.807, 2.05) is 0 Å². The van der Waals surface area contributed by atoms with E-state index in [-0.39, 0.29) is 0 Å². The Morgan fingerprint density at radius 2 is 1.94 bits per heavy atom. The highest BCUT2D eigenvalue weighted by atomic mass is 15.4. The Balaban J connectivity index is 1.80. The summed E-state index contributed by atoms with van der Waals surface area (Å²) < 4.78 is 0. The molecule has 0 aliphatic carbocycles. The van der Waals surface area contributed by atoms with E-state index in [9.17, 15) is 0 Å². The van der Waals surface area contributed by atoms with Crippen molar-refractivity contribution >= 4 is 5.96 Å². The Hall–Kier alpha value is -0.730. The standard InChI is InChI=1S/C13H25N3/c1-2-3-4-5-9-15-11-7-12-16-10-6-8-14-13(15)16/h2-12H2,1H3. The fourth-order valence-corrected chi connectivity index (χ4v) is 2.65. The molecule has 92 valence electrons. The smallest absolute Gasteiger partial charge is 0.196 e. The monoisotopic (exact) mass is 223 g/mol. The van der Waals surface area contributed by atoms with E-state index < -0.39 is 0 Å². The van der Waals surface area contributed by atoms with Crippen LogP contribution in [0, 0.1) is 0 Å².